The van der Waals surface area contributed by atoms with Crippen LogP contribution in [0.25, 0.3) is 0 Å². The molecule has 3 unspecified atom stereocenters. The Morgan fingerprint density at radius 2 is 1.75 bits per heavy atom. The molecule has 0 aromatic heterocycles. The average molecular weight is 283 g/mol. The zero-order valence-electron chi connectivity index (χ0n) is 14.8. The molecule has 0 heterocycles. The van der Waals surface area contributed by atoms with Crippen molar-refractivity contribution in [3.8, 4) is 0 Å². The fourth-order valence-electron chi connectivity index (χ4n) is 3.78. The van der Waals surface area contributed by atoms with Crippen LogP contribution in [-0.4, -0.2) is 36.1 Å². The van der Waals surface area contributed by atoms with Gasteiger partial charge in [0.25, 0.3) is 0 Å². The van der Waals surface area contributed by atoms with E-state index in [1.807, 2.05) is 0 Å². The molecular weight excluding hydrogens is 244 g/mol. The lowest BCUT2D eigenvalue weighted by atomic mass is 9.76. The Kier molecular flexibility index (Phi) is 8.13. The second-order valence-electron chi connectivity index (χ2n) is 7.28. The monoisotopic (exact) mass is 282 g/mol. The Morgan fingerprint density at radius 3 is 2.25 bits per heavy atom. The fraction of sp³-hybridized carbons (Fsp3) is 1.00. The van der Waals surface area contributed by atoms with Crippen molar-refractivity contribution in [3.05, 3.63) is 0 Å². The van der Waals surface area contributed by atoms with Gasteiger partial charge >= 0.3 is 0 Å². The van der Waals surface area contributed by atoms with E-state index < -0.39 is 0 Å². The highest BCUT2D eigenvalue weighted by molar-refractivity contribution is 4.93. The highest BCUT2D eigenvalue weighted by Crippen LogP contribution is 2.33. The van der Waals surface area contributed by atoms with Gasteiger partial charge in [0.2, 0.25) is 0 Å². The summed E-state index contributed by atoms with van der Waals surface area (Å²) in [6.07, 6.45) is 6.67. The van der Waals surface area contributed by atoms with Crippen LogP contribution in [0.1, 0.15) is 73.6 Å². The Balaban J connectivity index is 2.78. The van der Waals surface area contributed by atoms with E-state index in [9.17, 15) is 0 Å². The molecule has 1 saturated carbocycles. The second-order valence-corrected chi connectivity index (χ2v) is 7.28. The van der Waals surface area contributed by atoms with E-state index >= 15 is 0 Å². The van der Waals surface area contributed by atoms with Crippen LogP contribution < -0.4 is 5.32 Å². The predicted octanol–water partition coefficient (Wildman–Crippen LogP) is 4.30. The molecule has 2 nitrogen and oxygen atoms in total. The van der Waals surface area contributed by atoms with E-state index in [1.54, 1.807) is 0 Å². The van der Waals surface area contributed by atoms with Gasteiger partial charge in [-0.1, -0.05) is 27.7 Å². The molecule has 120 valence electrons. The molecule has 1 fully saturated rings. The van der Waals surface area contributed by atoms with E-state index in [1.165, 1.54) is 45.2 Å². The smallest absolute Gasteiger partial charge is 0.0254 e. The maximum Gasteiger partial charge on any atom is 0.0254 e. The van der Waals surface area contributed by atoms with Crippen LogP contribution in [-0.2, 0) is 0 Å². The summed E-state index contributed by atoms with van der Waals surface area (Å²) >= 11 is 0. The first kappa shape index (κ1) is 18.0. The number of hydrogen-bond donors (Lipinski definition) is 1. The lowest BCUT2D eigenvalue weighted by Gasteiger charge is -2.46. The maximum atomic E-state index is 3.83. The van der Waals surface area contributed by atoms with Crippen molar-refractivity contribution in [1.82, 2.24) is 10.2 Å². The third-order valence-corrected chi connectivity index (χ3v) is 5.03. The molecular formula is C18H38N2. The number of nitrogens with zero attached hydrogens (tertiary/aromatic N) is 1. The fourth-order valence-corrected chi connectivity index (χ4v) is 3.78. The number of nitrogens with one attached hydrogen (secondary N) is 1. The molecule has 0 bridgehead atoms. The molecule has 20 heavy (non-hydrogen) atoms. The van der Waals surface area contributed by atoms with Gasteiger partial charge in [0.15, 0.2) is 0 Å². The molecule has 0 aliphatic heterocycles. The molecule has 0 amide bonds. The van der Waals surface area contributed by atoms with Crippen LogP contribution in [0.4, 0.5) is 0 Å². The summed E-state index contributed by atoms with van der Waals surface area (Å²) in [6.45, 7) is 16.5. The van der Waals surface area contributed by atoms with Gasteiger partial charge < -0.3 is 5.32 Å². The molecule has 1 aliphatic rings. The normalized spacial score (nSPS) is 27.8. The van der Waals surface area contributed by atoms with Gasteiger partial charge in [0.05, 0.1) is 0 Å². The third-order valence-electron chi connectivity index (χ3n) is 5.03. The summed E-state index contributed by atoms with van der Waals surface area (Å²) < 4.78 is 0. The van der Waals surface area contributed by atoms with Crippen molar-refractivity contribution in [2.75, 3.05) is 13.1 Å². The van der Waals surface area contributed by atoms with E-state index in [0.29, 0.717) is 12.1 Å². The standard InChI is InChI=1S/C18H38N2/c1-7-11-19-17-10-9-16(14(3)4)13-18(17)20(12-8-2)15(5)6/h14-19H,7-13H2,1-6H3. The van der Waals surface area contributed by atoms with Gasteiger partial charge in [-0.25, -0.2) is 0 Å². The first-order valence-corrected chi connectivity index (χ1v) is 9.00. The van der Waals surface area contributed by atoms with Crippen LogP contribution in [0.2, 0.25) is 0 Å². The molecule has 1 aliphatic carbocycles. The summed E-state index contributed by atoms with van der Waals surface area (Å²) in [5.41, 5.74) is 0. The molecule has 0 saturated heterocycles. The Hall–Kier alpha value is -0.0800. The number of rotatable bonds is 8. The molecule has 2 heteroatoms. The van der Waals surface area contributed by atoms with E-state index in [2.05, 4.69) is 51.8 Å². The van der Waals surface area contributed by atoms with Crippen molar-refractivity contribution < 1.29 is 0 Å². The van der Waals surface area contributed by atoms with Crippen LogP contribution in [0.15, 0.2) is 0 Å². The number of hydrogen-bond acceptors (Lipinski definition) is 2. The SMILES string of the molecule is CCCNC1CCC(C(C)C)CC1N(CCC)C(C)C. The first-order valence-electron chi connectivity index (χ1n) is 9.00. The summed E-state index contributed by atoms with van der Waals surface area (Å²) in [7, 11) is 0. The van der Waals surface area contributed by atoms with E-state index in [0.717, 1.165) is 17.9 Å². The highest BCUT2D eigenvalue weighted by Gasteiger charge is 2.35. The molecule has 1 rings (SSSR count). The van der Waals surface area contributed by atoms with Gasteiger partial charge in [-0.3, -0.25) is 4.90 Å². The summed E-state index contributed by atoms with van der Waals surface area (Å²) in [6, 6.07) is 2.11. The predicted molar refractivity (Wildman–Crippen MR) is 90.2 cm³/mol. The minimum absolute atomic E-state index is 0.664. The molecule has 0 radical (unpaired) electrons. The molecule has 1 N–H and O–H groups in total. The minimum Gasteiger partial charge on any atom is -0.312 e. The summed E-state index contributed by atoms with van der Waals surface area (Å²) in [5, 5.41) is 3.83. The summed E-state index contributed by atoms with van der Waals surface area (Å²) in [4.78, 5) is 2.77. The molecule has 0 aromatic rings. The lowest BCUT2D eigenvalue weighted by molar-refractivity contribution is 0.0604. The minimum atomic E-state index is 0.664. The van der Waals surface area contributed by atoms with Crippen LogP contribution in [0.5, 0.6) is 0 Å². The zero-order valence-corrected chi connectivity index (χ0v) is 14.8. The Morgan fingerprint density at radius 1 is 1.05 bits per heavy atom. The van der Waals surface area contributed by atoms with Crippen LogP contribution in [0, 0.1) is 11.8 Å². The van der Waals surface area contributed by atoms with Gasteiger partial charge in [-0.05, 0) is 70.9 Å². The van der Waals surface area contributed by atoms with Crippen LogP contribution >= 0.6 is 0 Å². The van der Waals surface area contributed by atoms with Crippen molar-refractivity contribution in [1.29, 1.82) is 0 Å². The van der Waals surface area contributed by atoms with Gasteiger partial charge in [0.1, 0.15) is 0 Å². The first-order chi connectivity index (χ1) is 9.51. The van der Waals surface area contributed by atoms with E-state index in [-0.39, 0.29) is 0 Å². The third kappa shape index (κ3) is 5.04. The van der Waals surface area contributed by atoms with Crippen molar-refractivity contribution in [3.63, 3.8) is 0 Å². The van der Waals surface area contributed by atoms with Gasteiger partial charge in [-0.2, -0.15) is 0 Å². The summed E-state index contributed by atoms with van der Waals surface area (Å²) in [5.74, 6) is 1.75. The highest BCUT2D eigenvalue weighted by atomic mass is 15.2. The Labute approximate surface area is 127 Å². The largest absolute Gasteiger partial charge is 0.312 e. The van der Waals surface area contributed by atoms with Crippen molar-refractivity contribution in [2.24, 2.45) is 11.8 Å². The van der Waals surface area contributed by atoms with Crippen LogP contribution in [0.3, 0.4) is 0 Å². The Bertz CT molecular complexity index is 250. The van der Waals surface area contributed by atoms with Crippen molar-refractivity contribution in [2.45, 2.75) is 91.8 Å². The van der Waals surface area contributed by atoms with Crippen molar-refractivity contribution >= 4 is 0 Å². The van der Waals surface area contributed by atoms with Gasteiger partial charge in [0, 0.05) is 18.1 Å². The second kappa shape index (κ2) is 9.04. The topological polar surface area (TPSA) is 15.3 Å². The van der Waals surface area contributed by atoms with E-state index in [4.69, 9.17) is 0 Å². The molecule has 3 atom stereocenters. The average Bonchev–Trinajstić information content (AvgIpc) is 2.42. The quantitative estimate of drug-likeness (QED) is 0.714. The maximum absolute atomic E-state index is 3.83. The van der Waals surface area contributed by atoms with Gasteiger partial charge in [-0.15, -0.1) is 0 Å². The zero-order chi connectivity index (χ0) is 15.1. The molecule has 0 spiro atoms. The lowest BCUT2D eigenvalue weighted by Crippen LogP contribution is -2.56. The molecule has 0 aromatic carbocycles.